The average Bonchev–Trinajstić information content (AvgIpc) is 3.72. The Hall–Kier alpha value is -3.19. The number of ketones is 1. The van der Waals surface area contributed by atoms with Crippen molar-refractivity contribution in [3.63, 3.8) is 0 Å². The largest absolute Gasteiger partial charge is 0.494 e. The summed E-state index contributed by atoms with van der Waals surface area (Å²) in [5.74, 6) is 2.51. The second-order valence-electron chi connectivity index (χ2n) is 12.2. The molecule has 7 heteroatoms. The van der Waals surface area contributed by atoms with Gasteiger partial charge in [0.15, 0.2) is 17.3 Å². The van der Waals surface area contributed by atoms with E-state index in [0.717, 1.165) is 77.7 Å². The monoisotopic (exact) mass is 562 g/mol. The number of carbonyl (C=O) groups is 1. The van der Waals surface area contributed by atoms with Crippen molar-refractivity contribution in [1.82, 2.24) is 4.90 Å². The highest BCUT2D eigenvalue weighted by Crippen LogP contribution is 2.61. The number of anilines is 1. The lowest BCUT2D eigenvalue weighted by Crippen LogP contribution is -2.37. The standard InChI is InChI=1S/C34H46N2O5/c1-8-11-27-24-20-30(40-9-2)31(41-10-3)21-25(24)34(12-13-34)36(27)22-29(37)23-18-26(33(4,5)6)32(38-7)28(19-23)35-14-16-39-17-15-35/h11,18-21H,8-10,12-17,22H2,1-7H3. The van der Waals surface area contributed by atoms with Crippen LogP contribution >= 0.6 is 0 Å². The number of ether oxygens (including phenoxy) is 4. The zero-order chi connectivity index (χ0) is 29.4. The quantitative estimate of drug-likeness (QED) is 0.304. The summed E-state index contributed by atoms with van der Waals surface area (Å²) < 4.78 is 23.6. The summed E-state index contributed by atoms with van der Waals surface area (Å²) in [7, 11) is 1.73. The number of benzene rings is 2. The second-order valence-corrected chi connectivity index (χ2v) is 12.2. The van der Waals surface area contributed by atoms with E-state index in [1.165, 1.54) is 5.56 Å². The summed E-state index contributed by atoms with van der Waals surface area (Å²) in [5.41, 5.74) is 5.91. The first-order valence-electron chi connectivity index (χ1n) is 15.2. The van der Waals surface area contributed by atoms with Gasteiger partial charge in [0, 0.05) is 35.5 Å². The number of methoxy groups -OCH3 is 1. The predicted molar refractivity (Wildman–Crippen MR) is 164 cm³/mol. The van der Waals surface area contributed by atoms with Gasteiger partial charge in [-0.2, -0.15) is 0 Å². The zero-order valence-corrected chi connectivity index (χ0v) is 25.9. The maximum Gasteiger partial charge on any atom is 0.182 e. The molecule has 1 saturated carbocycles. The van der Waals surface area contributed by atoms with Gasteiger partial charge in [-0.25, -0.2) is 0 Å². The van der Waals surface area contributed by atoms with Gasteiger partial charge in [0.25, 0.3) is 0 Å². The van der Waals surface area contributed by atoms with E-state index in [1.807, 2.05) is 19.9 Å². The third-order valence-corrected chi connectivity index (χ3v) is 8.45. The predicted octanol–water partition coefficient (Wildman–Crippen LogP) is 6.57. The van der Waals surface area contributed by atoms with E-state index in [9.17, 15) is 4.79 Å². The van der Waals surface area contributed by atoms with Crippen LogP contribution in [0.15, 0.2) is 30.3 Å². The van der Waals surface area contributed by atoms with E-state index in [0.29, 0.717) is 33.0 Å². The lowest BCUT2D eigenvalue weighted by molar-refractivity contribution is 0.0938. The van der Waals surface area contributed by atoms with Gasteiger partial charge in [-0.1, -0.05) is 33.8 Å². The molecule has 5 rings (SSSR count). The van der Waals surface area contributed by atoms with E-state index in [-0.39, 0.29) is 16.7 Å². The molecule has 3 aliphatic rings. The van der Waals surface area contributed by atoms with Gasteiger partial charge in [-0.15, -0.1) is 0 Å². The van der Waals surface area contributed by atoms with Gasteiger partial charge in [0.1, 0.15) is 5.75 Å². The Kier molecular flexibility index (Phi) is 8.29. The molecule has 0 amide bonds. The molecule has 0 N–H and O–H groups in total. The second kappa shape index (κ2) is 11.6. The number of nitrogens with zero attached hydrogens (tertiary/aromatic N) is 2. The van der Waals surface area contributed by atoms with Crippen molar-refractivity contribution < 1.29 is 23.7 Å². The highest BCUT2D eigenvalue weighted by Gasteiger charge is 2.56. The highest BCUT2D eigenvalue weighted by molar-refractivity contribution is 6.00. The lowest BCUT2D eigenvalue weighted by atomic mass is 9.84. The minimum atomic E-state index is -0.192. The van der Waals surface area contributed by atoms with E-state index in [1.54, 1.807) is 7.11 Å². The van der Waals surface area contributed by atoms with Gasteiger partial charge < -0.3 is 28.7 Å². The molecule has 0 bridgehead atoms. The van der Waals surface area contributed by atoms with Gasteiger partial charge >= 0.3 is 0 Å². The van der Waals surface area contributed by atoms with E-state index < -0.39 is 0 Å². The van der Waals surface area contributed by atoms with Gasteiger partial charge in [0.2, 0.25) is 0 Å². The molecule has 41 heavy (non-hydrogen) atoms. The van der Waals surface area contributed by atoms with Crippen molar-refractivity contribution in [2.75, 3.05) is 58.1 Å². The van der Waals surface area contributed by atoms with Crippen LogP contribution in [0.4, 0.5) is 5.69 Å². The van der Waals surface area contributed by atoms with Crippen LogP contribution in [0, 0.1) is 0 Å². The van der Waals surface area contributed by atoms with Gasteiger partial charge in [-0.3, -0.25) is 4.79 Å². The molecule has 2 aromatic carbocycles. The number of carbonyl (C=O) groups excluding carboxylic acids is 1. The molecule has 0 aromatic heterocycles. The van der Waals surface area contributed by atoms with Crippen LogP contribution in [0.2, 0.25) is 0 Å². The summed E-state index contributed by atoms with van der Waals surface area (Å²) in [6, 6.07) is 8.37. The fourth-order valence-electron chi connectivity index (χ4n) is 6.34. The van der Waals surface area contributed by atoms with E-state index >= 15 is 0 Å². The molecule has 1 saturated heterocycles. The summed E-state index contributed by atoms with van der Waals surface area (Å²) in [6.07, 6.45) is 5.17. The molecule has 2 aliphatic heterocycles. The molecular weight excluding hydrogens is 516 g/mol. The van der Waals surface area contributed by atoms with Crippen molar-refractivity contribution in [2.45, 2.75) is 71.8 Å². The number of morpholine rings is 1. The van der Waals surface area contributed by atoms with Crippen LogP contribution in [0.3, 0.4) is 0 Å². The molecular formula is C34H46N2O5. The summed E-state index contributed by atoms with van der Waals surface area (Å²) >= 11 is 0. The molecule has 0 atom stereocenters. The first-order valence-corrected chi connectivity index (χ1v) is 15.2. The number of Topliss-reactive ketones (excluding diaryl/α,β-unsaturated/α-hetero) is 1. The average molecular weight is 563 g/mol. The number of hydrogen-bond donors (Lipinski definition) is 0. The minimum Gasteiger partial charge on any atom is -0.494 e. The Morgan fingerprint density at radius 2 is 1.66 bits per heavy atom. The van der Waals surface area contributed by atoms with E-state index in [2.05, 4.69) is 61.8 Å². The molecule has 2 heterocycles. The van der Waals surface area contributed by atoms with Gasteiger partial charge in [0.05, 0.1) is 51.3 Å². The van der Waals surface area contributed by atoms with Crippen molar-refractivity contribution in [3.05, 3.63) is 52.6 Å². The Labute approximate surface area is 245 Å². The summed E-state index contributed by atoms with van der Waals surface area (Å²) in [5, 5.41) is 0. The molecule has 222 valence electrons. The molecule has 1 spiro atoms. The Bertz CT molecular complexity index is 1320. The fraction of sp³-hybridized carbons (Fsp3) is 0.559. The van der Waals surface area contributed by atoms with Gasteiger partial charge in [-0.05, 0) is 68.4 Å². The van der Waals surface area contributed by atoms with Crippen molar-refractivity contribution in [2.24, 2.45) is 0 Å². The fourth-order valence-corrected chi connectivity index (χ4v) is 6.34. The topological polar surface area (TPSA) is 60.5 Å². The molecule has 0 radical (unpaired) electrons. The van der Waals surface area contributed by atoms with Crippen LogP contribution in [0.25, 0.3) is 5.70 Å². The molecule has 2 aromatic rings. The van der Waals surface area contributed by atoms with Crippen LogP contribution in [0.1, 0.15) is 87.9 Å². The number of fused-ring (bicyclic) bond motifs is 2. The summed E-state index contributed by atoms with van der Waals surface area (Å²) in [6.45, 7) is 17.0. The zero-order valence-electron chi connectivity index (χ0n) is 25.9. The first-order chi connectivity index (χ1) is 19.7. The Balaban J connectivity index is 1.55. The first kappa shape index (κ1) is 29.3. The minimum absolute atomic E-state index is 0.115. The maximum absolute atomic E-state index is 14.3. The van der Waals surface area contributed by atoms with Crippen LogP contribution in [-0.4, -0.2) is 63.9 Å². The van der Waals surface area contributed by atoms with Crippen LogP contribution in [-0.2, 0) is 15.7 Å². The third kappa shape index (κ3) is 5.41. The number of allylic oxidation sites excluding steroid dienone is 1. The highest BCUT2D eigenvalue weighted by atomic mass is 16.5. The van der Waals surface area contributed by atoms with Crippen LogP contribution < -0.4 is 19.1 Å². The Morgan fingerprint density at radius 3 is 2.22 bits per heavy atom. The molecule has 1 aliphatic carbocycles. The molecule has 7 nitrogen and oxygen atoms in total. The van der Waals surface area contributed by atoms with Crippen molar-refractivity contribution in [1.29, 1.82) is 0 Å². The van der Waals surface area contributed by atoms with Crippen LogP contribution in [0.5, 0.6) is 17.2 Å². The third-order valence-electron chi connectivity index (χ3n) is 8.45. The normalized spacial score (nSPS) is 18.6. The van der Waals surface area contributed by atoms with Crippen molar-refractivity contribution in [3.8, 4) is 17.2 Å². The van der Waals surface area contributed by atoms with Crippen molar-refractivity contribution >= 4 is 17.2 Å². The van der Waals surface area contributed by atoms with E-state index in [4.69, 9.17) is 18.9 Å². The number of hydrogen-bond acceptors (Lipinski definition) is 7. The maximum atomic E-state index is 14.3. The SMILES string of the molecule is CCC=C1c2cc(OCC)c(OCC)cc2C2(CC2)N1CC(=O)c1cc(N2CCOCC2)c(OC)c(C(C)(C)C)c1. The number of rotatable bonds is 10. The smallest absolute Gasteiger partial charge is 0.182 e. The lowest BCUT2D eigenvalue weighted by Gasteiger charge is -2.33. The molecule has 0 unspecified atom stereocenters. The summed E-state index contributed by atoms with van der Waals surface area (Å²) in [4.78, 5) is 18.9. The molecule has 2 fully saturated rings. The Morgan fingerprint density at radius 1 is 1.00 bits per heavy atom.